The van der Waals surface area contributed by atoms with Crippen LogP contribution in [-0.2, 0) is 6.54 Å². The number of rotatable bonds is 0. The van der Waals surface area contributed by atoms with Gasteiger partial charge in [-0.25, -0.2) is 0 Å². The summed E-state index contributed by atoms with van der Waals surface area (Å²) in [6.45, 7) is 1.44. The second kappa shape index (κ2) is 4.46. The van der Waals surface area contributed by atoms with Crippen LogP contribution in [0.2, 0.25) is 0 Å². The summed E-state index contributed by atoms with van der Waals surface area (Å²) in [5, 5.41) is 13.6. The number of nitriles is 1. The third-order valence-electron chi connectivity index (χ3n) is 2.93. The molecule has 1 aromatic heterocycles. The largest absolute Gasteiger partial charge is 0.493 e. The maximum absolute atomic E-state index is 9.29. The molecule has 1 aromatic carbocycles. The molecule has 5 heteroatoms. The molecule has 0 radical (unpaired) electrons. The van der Waals surface area contributed by atoms with E-state index in [1.54, 1.807) is 12.3 Å². The van der Waals surface area contributed by atoms with Crippen LogP contribution in [0.15, 0.2) is 28.9 Å². The molecular weight excluding hydrogens is 294 g/mol. The summed E-state index contributed by atoms with van der Waals surface area (Å²) in [5.74, 6) is 0.738. The first-order valence-electron chi connectivity index (χ1n) is 5.68. The summed E-state index contributed by atoms with van der Waals surface area (Å²) in [6.07, 6.45) is 2.66. The maximum atomic E-state index is 9.29. The molecule has 0 saturated carbocycles. The van der Waals surface area contributed by atoms with Gasteiger partial charge in [0.05, 0.1) is 23.4 Å². The number of aromatic nitrogens is 2. The van der Waals surface area contributed by atoms with E-state index in [-0.39, 0.29) is 0 Å². The summed E-state index contributed by atoms with van der Waals surface area (Å²) in [6, 6.07) is 7.85. The Hall–Kier alpha value is -1.80. The average molecular weight is 304 g/mol. The molecule has 1 aliphatic rings. The van der Waals surface area contributed by atoms with Gasteiger partial charge in [-0.1, -0.05) is 15.9 Å². The zero-order valence-corrected chi connectivity index (χ0v) is 11.1. The van der Waals surface area contributed by atoms with Gasteiger partial charge in [0.2, 0.25) is 0 Å². The Morgan fingerprint density at radius 2 is 2.33 bits per heavy atom. The molecule has 0 bridgehead atoms. The van der Waals surface area contributed by atoms with E-state index in [4.69, 9.17) is 4.74 Å². The number of nitrogens with zero attached hydrogens (tertiary/aromatic N) is 3. The highest BCUT2D eigenvalue weighted by Crippen LogP contribution is 2.37. The third-order valence-corrected chi connectivity index (χ3v) is 3.39. The van der Waals surface area contributed by atoms with Crippen LogP contribution in [0.5, 0.6) is 5.75 Å². The Kier molecular flexibility index (Phi) is 2.80. The molecule has 3 rings (SSSR count). The van der Waals surface area contributed by atoms with E-state index in [0.717, 1.165) is 34.4 Å². The molecule has 1 aliphatic heterocycles. The van der Waals surface area contributed by atoms with Crippen LogP contribution in [-0.4, -0.2) is 16.4 Å². The third kappa shape index (κ3) is 1.79. The summed E-state index contributed by atoms with van der Waals surface area (Å²) in [4.78, 5) is 0. The van der Waals surface area contributed by atoms with Gasteiger partial charge in [-0.2, -0.15) is 10.4 Å². The first kappa shape index (κ1) is 11.3. The zero-order valence-electron chi connectivity index (χ0n) is 9.56. The SMILES string of the molecule is N#Cc1cc(Br)cc2c1-c1ccnn1CCCO2. The lowest BCUT2D eigenvalue weighted by atomic mass is 10.0. The Bertz CT molecular complexity index is 642. The fourth-order valence-corrected chi connectivity index (χ4v) is 2.60. The van der Waals surface area contributed by atoms with E-state index in [1.165, 1.54) is 0 Å². The Morgan fingerprint density at radius 1 is 1.44 bits per heavy atom. The van der Waals surface area contributed by atoms with Crippen molar-refractivity contribution in [1.82, 2.24) is 9.78 Å². The Balaban J connectivity index is 2.31. The fraction of sp³-hybridized carbons (Fsp3) is 0.231. The predicted molar refractivity (Wildman–Crippen MR) is 70.2 cm³/mol. The first-order valence-corrected chi connectivity index (χ1v) is 6.47. The van der Waals surface area contributed by atoms with Gasteiger partial charge in [0.15, 0.2) is 0 Å². The lowest BCUT2D eigenvalue weighted by Crippen LogP contribution is -2.12. The average Bonchev–Trinajstić information content (AvgIpc) is 2.78. The van der Waals surface area contributed by atoms with Crippen LogP contribution in [0.4, 0.5) is 0 Å². The summed E-state index contributed by atoms with van der Waals surface area (Å²) < 4.78 is 8.53. The second-order valence-electron chi connectivity index (χ2n) is 4.08. The molecular formula is C13H10BrN3O. The van der Waals surface area contributed by atoms with Gasteiger partial charge in [0.1, 0.15) is 11.8 Å². The molecule has 0 amide bonds. The van der Waals surface area contributed by atoms with Gasteiger partial charge in [-0.3, -0.25) is 4.68 Å². The molecule has 4 nitrogen and oxygen atoms in total. The van der Waals surface area contributed by atoms with Crippen molar-refractivity contribution in [2.24, 2.45) is 0 Å². The normalized spacial score (nSPS) is 13.6. The van der Waals surface area contributed by atoms with Gasteiger partial charge in [0.25, 0.3) is 0 Å². The fourth-order valence-electron chi connectivity index (χ4n) is 2.17. The van der Waals surface area contributed by atoms with Crippen molar-refractivity contribution in [3.8, 4) is 23.1 Å². The number of halogens is 1. The van der Waals surface area contributed by atoms with E-state index >= 15 is 0 Å². The summed E-state index contributed by atoms with van der Waals surface area (Å²) >= 11 is 3.40. The molecule has 0 atom stereocenters. The molecule has 2 aromatic rings. The van der Waals surface area contributed by atoms with Crippen molar-refractivity contribution in [3.63, 3.8) is 0 Å². The molecule has 0 fully saturated rings. The van der Waals surface area contributed by atoms with Crippen LogP contribution >= 0.6 is 15.9 Å². The number of fused-ring (bicyclic) bond motifs is 3. The molecule has 0 unspecified atom stereocenters. The number of aryl methyl sites for hydroxylation is 1. The van der Waals surface area contributed by atoms with Gasteiger partial charge >= 0.3 is 0 Å². The van der Waals surface area contributed by atoms with Crippen LogP contribution in [0.3, 0.4) is 0 Å². The summed E-state index contributed by atoms with van der Waals surface area (Å²) in [7, 11) is 0. The standard InChI is InChI=1S/C13H10BrN3O/c14-10-6-9(8-15)13-11-2-3-16-17(11)4-1-5-18-12(13)7-10/h2-3,6-7H,1,4-5H2. The first-order chi connectivity index (χ1) is 8.79. The summed E-state index contributed by atoms with van der Waals surface area (Å²) in [5.41, 5.74) is 2.37. The highest BCUT2D eigenvalue weighted by atomic mass is 79.9. The molecule has 90 valence electrons. The molecule has 0 spiro atoms. The van der Waals surface area contributed by atoms with Crippen LogP contribution < -0.4 is 4.74 Å². The second-order valence-corrected chi connectivity index (χ2v) is 5.00. The lowest BCUT2D eigenvalue weighted by Gasteiger charge is -2.18. The molecule has 18 heavy (non-hydrogen) atoms. The van der Waals surface area contributed by atoms with Crippen molar-refractivity contribution >= 4 is 15.9 Å². The van der Waals surface area contributed by atoms with Crippen molar-refractivity contribution in [2.45, 2.75) is 13.0 Å². The molecule has 0 saturated heterocycles. The predicted octanol–water partition coefficient (Wildman–Crippen LogP) is 2.97. The van der Waals surface area contributed by atoms with E-state index in [1.807, 2.05) is 16.8 Å². The minimum Gasteiger partial charge on any atom is -0.493 e. The topological polar surface area (TPSA) is 50.8 Å². The van der Waals surface area contributed by atoms with Gasteiger partial charge < -0.3 is 4.74 Å². The maximum Gasteiger partial charge on any atom is 0.131 e. The number of hydrogen-bond acceptors (Lipinski definition) is 3. The Labute approximate surface area is 113 Å². The van der Waals surface area contributed by atoms with E-state index < -0.39 is 0 Å². The van der Waals surface area contributed by atoms with Crippen molar-refractivity contribution in [1.29, 1.82) is 5.26 Å². The number of hydrogen-bond donors (Lipinski definition) is 0. The number of benzene rings is 1. The monoisotopic (exact) mass is 303 g/mol. The highest BCUT2D eigenvalue weighted by Gasteiger charge is 2.19. The van der Waals surface area contributed by atoms with E-state index in [0.29, 0.717) is 12.2 Å². The lowest BCUT2D eigenvalue weighted by molar-refractivity contribution is 0.295. The van der Waals surface area contributed by atoms with Gasteiger partial charge in [0, 0.05) is 23.6 Å². The van der Waals surface area contributed by atoms with E-state index in [9.17, 15) is 5.26 Å². The molecule has 0 aliphatic carbocycles. The van der Waals surface area contributed by atoms with Crippen LogP contribution in [0.25, 0.3) is 11.3 Å². The molecule has 0 N–H and O–H groups in total. The quantitative estimate of drug-likeness (QED) is 0.752. The smallest absolute Gasteiger partial charge is 0.131 e. The minimum absolute atomic E-state index is 0.600. The Morgan fingerprint density at radius 3 is 3.17 bits per heavy atom. The van der Waals surface area contributed by atoms with E-state index in [2.05, 4.69) is 27.1 Å². The highest BCUT2D eigenvalue weighted by molar-refractivity contribution is 9.10. The number of ether oxygens (including phenoxy) is 1. The zero-order chi connectivity index (χ0) is 12.5. The molecule has 2 heterocycles. The van der Waals surface area contributed by atoms with Gasteiger partial charge in [-0.05, 0) is 18.2 Å². The van der Waals surface area contributed by atoms with Crippen molar-refractivity contribution in [2.75, 3.05) is 6.61 Å². The van der Waals surface area contributed by atoms with Crippen LogP contribution in [0, 0.1) is 11.3 Å². The van der Waals surface area contributed by atoms with Crippen molar-refractivity contribution in [3.05, 3.63) is 34.4 Å². The van der Waals surface area contributed by atoms with Crippen molar-refractivity contribution < 1.29 is 4.74 Å². The van der Waals surface area contributed by atoms with Crippen LogP contribution in [0.1, 0.15) is 12.0 Å². The minimum atomic E-state index is 0.600. The van der Waals surface area contributed by atoms with Gasteiger partial charge in [-0.15, -0.1) is 0 Å².